The number of hydrogen-bond acceptors (Lipinski definition) is 5. The molecule has 1 saturated carbocycles. The first-order valence-corrected chi connectivity index (χ1v) is 10.6. The standard InChI is InChI=1S/C22H27N3O4/c1-14(20(26)23-16-7-4-5-8-16)29-22(28)15-10-11-17-18(13-15)24-19-9-3-2-6-12-25(19)21(17)27/h10-11,13-14,16H,2-9,12H2,1H3,(H,23,26)/t14-/m1/s1. The first-order chi connectivity index (χ1) is 14.0. The molecule has 1 aliphatic carbocycles. The summed E-state index contributed by atoms with van der Waals surface area (Å²) in [6.45, 7) is 2.27. The van der Waals surface area contributed by atoms with Crippen LogP contribution in [0.4, 0.5) is 0 Å². The molecule has 2 heterocycles. The monoisotopic (exact) mass is 397 g/mol. The molecule has 0 bridgehead atoms. The summed E-state index contributed by atoms with van der Waals surface area (Å²) in [5, 5.41) is 3.44. The van der Waals surface area contributed by atoms with E-state index in [2.05, 4.69) is 10.3 Å². The van der Waals surface area contributed by atoms with Crippen LogP contribution >= 0.6 is 0 Å². The van der Waals surface area contributed by atoms with E-state index in [1.54, 1.807) is 29.7 Å². The molecule has 0 radical (unpaired) electrons. The summed E-state index contributed by atoms with van der Waals surface area (Å²) in [6.07, 6.45) is 7.14. The Bertz CT molecular complexity index is 991. The summed E-state index contributed by atoms with van der Waals surface area (Å²) < 4.78 is 7.11. The number of rotatable bonds is 4. The number of amides is 1. The molecule has 2 aliphatic rings. The first-order valence-electron chi connectivity index (χ1n) is 10.6. The van der Waals surface area contributed by atoms with Crippen LogP contribution in [0.5, 0.6) is 0 Å². The van der Waals surface area contributed by atoms with Crippen LogP contribution < -0.4 is 10.9 Å². The van der Waals surface area contributed by atoms with Gasteiger partial charge < -0.3 is 10.1 Å². The number of ether oxygens (including phenoxy) is 1. The minimum Gasteiger partial charge on any atom is -0.449 e. The first kappa shape index (κ1) is 19.6. The summed E-state index contributed by atoms with van der Waals surface area (Å²) in [5.41, 5.74) is 0.736. The highest BCUT2D eigenvalue weighted by Crippen LogP contribution is 2.19. The summed E-state index contributed by atoms with van der Waals surface area (Å²) in [7, 11) is 0. The van der Waals surface area contributed by atoms with Gasteiger partial charge in [-0.2, -0.15) is 0 Å². The molecule has 0 saturated heterocycles. The van der Waals surface area contributed by atoms with Crippen molar-refractivity contribution >= 4 is 22.8 Å². The van der Waals surface area contributed by atoms with Gasteiger partial charge in [0.15, 0.2) is 6.10 Å². The molecule has 1 aliphatic heterocycles. The largest absolute Gasteiger partial charge is 0.449 e. The van der Waals surface area contributed by atoms with Crippen molar-refractivity contribution in [2.75, 3.05) is 0 Å². The summed E-state index contributed by atoms with van der Waals surface area (Å²) in [5.74, 6) is -0.0830. The van der Waals surface area contributed by atoms with E-state index in [0.29, 0.717) is 23.0 Å². The number of nitrogens with one attached hydrogen (secondary N) is 1. The van der Waals surface area contributed by atoms with Crippen LogP contribution in [-0.2, 0) is 22.5 Å². The lowest BCUT2D eigenvalue weighted by Gasteiger charge is -2.17. The Hall–Kier alpha value is -2.70. The molecule has 7 nitrogen and oxygen atoms in total. The molecule has 1 amide bonds. The van der Waals surface area contributed by atoms with Gasteiger partial charge in [0.25, 0.3) is 11.5 Å². The number of carbonyl (C=O) groups is 2. The SMILES string of the molecule is C[C@@H](OC(=O)c1ccc2c(=O)n3c(nc2c1)CCCCC3)C(=O)NC1CCCC1. The number of fused-ring (bicyclic) bond motifs is 2. The Kier molecular flexibility index (Phi) is 5.65. The third-order valence-electron chi connectivity index (χ3n) is 5.91. The van der Waals surface area contributed by atoms with Crippen molar-refractivity contribution in [3.05, 3.63) is 39.9 Å². The Labute approximate surface area is 169 Å². The molecule has 1 aromatic heterocycles. The van der Waals surface area contributed by atoms with E-state index in [-0.39, 0.29) is 17.5 Å². The molecule has 1 atom stereocenters. The van der Waals surface area contributed by atoms with Crippen molar-refractivity contribution in [1.82, 2.24) is 14.9 Å². The average Bonchev–Trinajstić information content (AvgIpc) is 3.10. The highest BCUT2D eigenvalue weighted by atomic mass is 16.5. The Morgan fingerprint density at radius 1 is 1.17 bits per heavy atom. The van der Waals surface area contributed by atoms with Crippen LogP contribution in [0.1, 0.15) is 68.1 Å². The van der Waals surface area contributed by atoms with Crippen LogP contribution in [-0.4, -0.2) is 33.6 Å². The number of hydrogen-bond donors (Lipinski definition) is 1. The normalized spacial score (nSPS) is 18.1. The Balaban J connectivity index is 1.51. The molecule has 0 spiro atoms. The number of benzene rings is 1. The van der Waals surface area contributed by atoms with Crippen molar-refractivity contribution in [3.8, 4) is 0 Å². The number of esters is 1. The van der Waals surface area contributed by atoms with E-state index >= 15 is 0 Å². The quantitative estimate of drug-likeness (QED) is 0.801. The molecule has 1 aromatic carbocycles. The van der Waals surface area contributed by atoms with Gasteiger partial charge in [-0.05, 0) is 50.8 Å². The lowest BCUT2D eigenvalue weighted by atomic mass is 10.1. The van der Waals surface area contributed by atoms with Crippen molar-refractivity contribution in [3.63, 3.8) is 0 Å². The van der Waals surface area contributed by atoms with Gasteiger partial charge in [-0.15, -0.1) is 0 Å². The van der Waals surface area contributed by atoms with E-state index in [9.17, 15) is 14.4 Å². The highest BCUT2D eigenvalue weighted by Gasteiger charge is 2.24. The minimum atomic E-state index is -0.871. The van der Waals surface area contributed by atoms with Gasteiger partial charge in [-0.1, -0.05) is 19.3 Å². The number of carbonyl (C=O) groups excluding carboxylic acids is 2. The maximum Gasteiger partial charge on any atom is 0.338 e. The molecule has 2 aromatic rings. The van der Waals surface area contributed by atoms with Crippen LogP contribution in [0.3, 0.4) is 0 Å². The van der Waals surface area contributed by atoms with Crippen molar-refractivity contribution < 1.29 is 14.3 Å². The molecular formula is C22H27N3O4. The average molecular weight is 397 g/mol. The molecule has 1 N–H and O–H groups in total. The number of nitrogens with zero attached hydrogens (tertiary/aromatic N) is 2. The zero-order chi connectivity index (χ0) is 20.4. The molecule has 7 heteroatoms. The second-order valence-electron chi connectivity index (χ2n) is 8.06. The van der Waals surface area contributed by atoms with E-state index in [4.69, 9.17) is 4.74 Å². The number of aromatic nitrogens is 2. The lowest BCUT2D eigenvalue weighted by Crippen LogP contribution is -2.40. The van der Waals surface area contributed by atoms with Gasteiger partial charge in [0.2, 0.25) is 0 Å². The zero-order valence-electron chi connectivity index (χ0n) is 16.8. The second-order valence-corrected chi connectivity index (χ2v) is 8.06. The predicted octanol–water partition coefficient (Wildman–Crippen LogP) is 2.73. The highest BCUT2D eigenvalue weighted by molar-refractivity contribution is 5.95. The third kappa shape index (κ3) is 4.18. The zero-order valence-corrected chi connectivity index (χ0v) is 16.8. The molecule has 29 heavy (non-hydrogen) atoms. The maximum atomic E-state index is 12.8. The minimum absolute atomic E-state index is 0.0591. The summed E-state index contributed by atoms with van der Waals surface area (Å²) >= 11 is 0. The van der Waals surface area contributed by atoms with Gasteiger partial charge >= 0.3 is 5.97 Å². The smallest absolute Gasteiger partial charge is 0.338 e. The maximum absolute atomic E-state index is 12.8. The fraction of sp³-hybridized carbons (Fsp3) is 0.545. The van der Waals surface area contributed by atoms with Gasteiger partial charge in [0.05, 0.1) is 16.5 Å². The topological polar surface area (TPSA) is 90.3 Å². The Morgan fingerprint density at radius 2 is 1.97 bits per heavy atom. The van der Waals surface area contributed by atoms with Crippen molar-refractivity contribution in [2.24, 2.45) is 0 Å². The summed E-state index contributed by atoms with van der Waals surface area (Å²) in [6, 6.07) is 4.96. The van der Waals surface area contributed by atoms with Crippen LogP contribution in [0.2, 0.25) is 0 Å². The number of aryl methyl sites for hydroxylation is 1. The third-order valence-corrected chi connectivity index (χ3v) is 5.91. The van der Waals surface area contributed by atoms with Gasteiger partial charge in [0.1, 0.15) is 5.82 Å². The fourth-order valence-electron chi connectivity index (χ4n) is 4.22. The van der Waals surface area contributed by atoms with Crippen LogP contribution in [0.15, 0.2) is 23.0 Å². The Morgan fingerprint density at radius 3 is 2.76 bits per heavy atom. The second kappa shape index (κ2) is 8.35. The molecule has 0 unspecified atom stereocenters. The lowest BCUT2D eigenvalue weighted by molar-refractivity contribution is -0.129. The van der Waals surface area contributed by atoms with E-state index < -0.39 is 12.1 Å². The molecule has 154 valence electrons. The fourth-order valence-corrected chi connectivity index (χ4v) is 4.22. The molecular weight excluding hydrogens is 370 g/mol. The van der Waals surface area contributed by atoms with Crippen molar-refractivity contribution in [1.29, 1.82) is 0 Å². The van der Waals surface area contributed by atoms with Crippen molar-refractivity contribution in [2.45, 2.75) is 77.0 Å². The predicted molar refractivity (Wildman–Crippen MR) is 109 cm³/mol. The van der Waals surface area contributed by atoms with Gasteiger partial charge in [-0.25, -0.2) is 9.78 Å². The summed E-state index contributed by atoms with van der Waals surface area (Å²) in [4.78, 5) is 42.3. The molecule has 1 fully saturated rings. The molecule has 4 rings (SSSR count). The van der Waals surface area contributed by atoms with Gasteiger partial charge in [-0.3, -0.25) is 14.2 Å². The van der Waals surface area contributed by atoms with Crippen LogP contribution in [0, 0.1) is 0 Å². The van der Waals surface area contributed by atoms with E-state index in [1.165, 1.54) is 0 Å². The van der Waals surface area contributed by atoms with Crippen LogP contribution in [0.25, 0.3) is 10.9 Å². The van der Waals surface area contributed by atoms with E-state index in [1.807, 2.05) is 0 Å². The van der Waals surface area contributed by atoms with E-state index in [0.717, 1.165) is 57.2 Å². The van der Waals surface area contributed by atoms with Gasteiger partial charge in [0, 0.05) is 19.0 Å².